The molecule has 0 aromatic carbocycles. The van der Waals surface area contributed by atoms with Gasteiger partial charge >= 0.3 is 0 Å². The molecule has 13 heavy (non-hydrogen) atoms. The molecule has 1 N–H and O–H groups in total. The lowest BCUT2D eigenvalue weighted by Gasteiger charge is -2.15. The number of nitrogens with one attached hydrogen (secondary N) is 1. The fourth-order valence-corrected chi connectivity index (χ4v) is 0.965. The largest absolute Gasteiger partial charge is 0.353 e. The van der Waals surface area contributed by atoms with Crippen molar-refractivity contribution in [2.75, 3.05) is 20.1 Å². The van der Waals surface area contributed by atoms with Gasteiger partial charge in [0, 0.05) is 19.0 Å². The predicted octanol–water partition coefficient (Wildman–Crippen LogP) is 0.0318. The highest BCUT2D eigenvalue weighted by atomic mass is 16.2. The summed E-state index contributed by atoms with van der Waals surface area (Å²) < 4.78 is 0. The highest BCUT2D eigenvalue weighted by Crippen LogP contribution is 1.85. The first kappa shape index (κ1) is 12.1. The number of hydrogen-bond acceptors (Lipinski definition) is 3. The van der Waals surface area contributed by atoms with Crippen molar-refractivity contribution in [2.45, 2.75) is 26.3 Å². The molecule has 1 amide bonds. The number of carbonyl (C=O) groups is 2. The predicted molar refractivity (Wildman–Crippen MR) is 51.5 cm³/mol. The van der Waals surface area contributed by atoms with Crippen LogP contribution in [0, 0.1) is 0 Å². The Morgan fingerprint density at radius 1 is 1.54 bits per heavy atom. The second-order valence-electron chi connectivity index (χ2n) is 3.42. The van der Waals surface area contributed by atoms with Crippen LogP contribution in [-0.4, -0.2) is 43.3 Å². The van der Waals surface area contributed by atoms with Crippen LogP contribution in [-0.2, 0) is 9.59 Å². The zero-order valence-corrected chi connectivity index (χ0v) is 8.54. The Morgan fingerprint density at radius 3 is 2.62 bits per heavy atom. The van der Waals surface area contributed by atoms with Crippen molar-refractivity contribution in [1.29, 1.82) is 0 Å². The van der Waals surface area contributed by atoms with E-state index in [1.165, 1.54) is 0 Å². The van der Waals surface area contributed by atoms with Gasteiger partial charge in [-0.2, -0.15) is 0 Å². The van der Waals surface area contributed by atoms with Crippen LogP contribution in [0.15, 0.2) is 0 Å². The van der Waals surface area contributed by atoms with Crippen LogP contribution in [0.5, 0.6) is 0 Å². The van der Waals surface area contributed by atoms with Crippen molar-refractivity contribution in [3.63, 3.8) is 0 Å². The summed E-state index contributed by atoms with van der Waals surface area (Å²) in [5.74, 6) is 0.00315. The van der Waals surface area contributed by atoms with Crippen LogP contribution < -0.4 is 5.32 Å². The maximum atomic E-state index is 11.2. The molecule has 0 aliphatic carbocycles. The maximum Gasteiger partial charge on any atom is 0.234 e. The summed E-state index contributed by atoms with van der Waals surface area (Å²) in [6.07, 6.45) is 1.34. The third-order valence-corrected chi connectivity index (χ3v) is 1.49. The van der Waals surface area contributed by atoms with Crippen molar-refractivity contribution in [2.24, 2.45) is 0 Å². The molecule has 0 fully saturated rings. The fourth-order valence-electron chi connectivity index (χ4n) is 0.965. The molecule has 4 heteroatoms. The molecule has 0 aromatic heterocycles. The molecule has 0 unspecified atom stereocenters. The molecule has 0 bridgehead atoms. The minimum Gasteiger partial charge on any atom is -0.353 e. The van der Waals surface area contributed by atoms with Gasteiger partial charge in [-0.25, -0.2) is 0 Å². The van der Waals surface area contributed by atoms with E-state index in [-0.39, 0.29) is 11.9 Å². The van der Waals surface area contributed by atoms with Gasteiger partial charge in [-0.15, -0.1) is 0 Å². The molecule has 4 nitrogen and oxygen atoms in total. The second-order valence-corrected chi connectivity index (χ2v) is 3.42. The smallest absolute Gasteiger partial charge is 0.234 e. The Labute approximate surface area is 79.3 Å². The second kappa shape index (κ2) is 6.60. The van der Waals surface area contributed by atoms with Crippen LogP contribution in [0.4, 0.5) is 0 Å². The first-order chi connectivity index (χ1) is 6.06. The number of amides is 1. The highest BCUT2D eigenvalue weighted by molar-refractivity contribution is 5.78. The van der Waals surface area contributed by atoms with Gasteiger partial charge in [0.25, 0.3) is 0 Å². The van der Waals surface area contributed by atoms with E-state index in [2.05, 4.69) is 5.32 Å². The molecule has 0 spiro atoms. The zero-order valence-electron chi connectivity index (χ0n) is 8.54. The first-order valence-electron chi connectivity index (χ1n) is 4.47. The third kappa shape index (κ3) is 7.46. The summed E-state index contributed by atoms with van der Waals surface area (Å²) in [4.78, 5) is 23.1. The van der Waals surface area contributed by atoms with E-state index in [9.17, 15) is 9.59 Å². The monoisotopic (exact) mass is 186 g/mol. The van der Waals surface area contributed by atoms with Gasteiger partial charge in [0.15, 0.2) is 0 Å². The molecule has 0 aliphatic rings. The first-order valence-corrected chi connectivity index (χ1v) is 4.47. The topological polar surface area (TPSA) is 49.4 Å². The number of hydrogen-bond donors (Lipinski definition) is 1. The van der Waals surface area contributed by atoms with Gasteiger partial charge < -0.3 is 10.1 Å². The number of likely N-dealkylation sites (N-methyl/N-ethyl adjacent to an activating group) is 1. The van der Waals surface area contributed by atoms with E-state index in [1.54, 1.807) is 0 Å². The lowest BCUT2D eigenvalue weighted by Crippen LogP contribution is -2.38. The summed E-state index contributed by atoms with van der Waals surface area (Å²) in [6.45, 7) is 4.83. The molecule has 0 saturated heterocycles. The summed E-state index contributed by atoms with van der Waals surface area (Å²) in [7, 11) is 1.82. The Morgan fingerprint density at radius 2 is 2.15 bits per heavy atom. The van der Waals surface area contributed by atoms with Crippen LogP contribution >= 0.6 is 0 Å². The lowest BCUT2D eigenvalue weighted by atomic mass is 10.3. The van der Waals surface area contributed by atoms with Crippen molar-refractivity contribution in [3.8, 4) is 0 Å². The van der Waals surface area contributed by atoms with Crippen LogP contribution in [0.1, 0.15) is 20.3 Å². The van der Waals surface area contributed by atoms with Gasteiger partial charge in [-0.1, -0.05) is 0 Å². The van der Waals surface area contributed by atoms with E-state index in [4.69, 9.17) is 0 Å². The van der Waals surface area contributed by atoms with Crippen LogP contribution in [0.2, 0.25) is 0 Å². The van der Waals surface area contributed by atoms with E-state index < -0.39 is 0 Å². The lowest BCUT2D eigenvalue weighted by molar-refractivity contribution is -0.122. The standard InChI is InChI=1S/C9H18N2O2/c1-8(2)10-9(13)7-11(3)5-4-6-12/h6,8H,4-5,7H2,1-3H3,(H,10,13). The Bertz CT molecular complexity index is 169. The van der Waals surface area contributed by atoms with Gasteiger partial charge in [-0.3, -0.25) is 9.69 Å². The normalized spacial score (nSPS) is 10.5. The minimum atomic E-state index is 0.00315. The minimum absolute atomic E-state index is 0.00315. The molecular formula is C9H18N2O2. The zero-order chi connectivity index (χ0) is 10.3. The Hall–Kier alpha value is -0.900. The summed E-state index contributed by atoms with van der Waals surface area (Å²) in [6, 6.07) is 0.173. The maximum absolute atomic E-state index is 11.2. The van der Waals surface area contributed by atoms with Crippen LogP contribution in [0.3, 0.4) is 0 Å². The third-order valence-electron chi connectivity index (χ3n) is 1.49. The fraction of sp³-hybridized carbons (Fsp3) is 0.778. The van der Waals surface area contributed by atoms with Gasteiger partial charge in [-0.05, 0) is 20.9 Å². The van der Waals surface area contributed by atoms with Crippen molar-refractivity contribution in [1.82, 2.24) is 10.2 Å². The number of rotatable bonds is 6. The summed E-state index contributed by atoms with van der Waals surface area (Å²) in [5, 5.41) is 2.78. The molecule has 0 atom stereocenters. The summed E-state index contributed by atoms with van der Waals surface area (Å²) in [5.41, 5.74) is 0. The summed E-state index contributed by atoms with van der Waals surface area (Å²) >= 11 is 0. The van der Waals surface area contributed by atoms with Gasteiger partial charge in [0.05, 0.1) is 6.54 Å². The van der Waals surface area contributed by atoms with Crippen molar-refractivity contribution in [3.05, 3.63) is 0 Å². The molecule has 76 valence electrons. The van der Waals surface area contributed by atoms with Crippen molar-refractivity contribution < 1.29 is 9.59 Å². The molecule has 0 aromatic rings. The molecular weight excluding hydrogens is 168 g/mol. The Balaban J connectivity index is 3.58. The molecule has 0 rings (SSSR count). The van der Waals surface area contributed by atoms with Gasteiger partial charge in [0.2, 0.25) is 5.91 Å². The van der Waals surface area contributed by atoms with E-state index in [0.29, 0.717) is 19.5 Å². The molecule has 0 radical (unpaired) electrons. The number of carbonyl (C=O) groups excluding carboxylic acids is 2. The molecule has 0 heterocycles. The van der Waals surface area contributed by atoms with Crippen LogP contribution in [0.25, 0.3) is 0 Å². The quantitative estimate of drug-likeness (QED) is 0.595. The molecule has 0 aliphatic heterocycles. The molecule has 0 saturated carbocycles. The average molecular weight is 186 g/mol. The number of aldehydes is 1. The van der Waals surface area contributed by atoms with Crippen molar-refractivity contribution >= 4 is 12.2 Å². The van der Waals surface area contributed by atoms with E-state index in [1.807, 2.05) is 25.8 Å². The number of nitrogens with zero attached hydrogens (tertiary/aromatic N) is 1. The van der Waals surface area contributed by atoms with E-state index in [0.717, 1.165) is 6.29 Å². The van der Waals surface area contributed by atoms with E-state index >= 15 is 0 Å². The average Bonchev–Trinajstić information content (AvgIpc) is 1.98. The Kier molecular flexibility index (Phi) is 6.14. The highest BCUT2D eigenvalue weighted by Gasteiger charge is 2.06. The SMILES string of the molecule is CC(C)NC(=O)CN(C)CCC=O. The van der Waals surface area contributed by atoms with Gasteiger partial charge in [0.1, 0.15) is 6.29 Å².